The number of rotatable bonds is 3. The van der Waals surface area contributed by atoms with Gasteiger partial charge in [0.1, 0.15) is 11.5 Å². The van der Waals surface area contributed by atoms with Crippen molar-refractivity contribution in [1.82, 2.24) is 5.32 Å². The molecule has 0 amide bonds. The van der Waals surface area contributed by atoms with Gasteiger partial charge in [-0.3, -0.25) is 0 Å². The van der Waals surface area contributed by atoms with E-state index >= 15 is 0 Å². The number of hydrogen-bond acceptors (Lipinski definition) is 2. The molecule has 1 aromatic heterocycles. The second kappa shape index (κ2) is 4.76. The van der Waals surface area contributed by atoms with Gasteiger partial charge >= 0.3 is 0 Å². The summed E-state index contributed by atoms with van der Waals surface area (Å²) in [6, 6.07) is 8.49. The smallest absolute Gasteiger partial charge is 0.134 e. The minimum atomic E-state index is 0.768. The molecule has 0 saturated carbocycles. The summed E-state index contributed by atoms with van der Waals surface area (Å²) in [5, 5.41) is 3.09. The quantitative estimate of drug-likeness (QED) is 0.870. The Morgan fingerprint density at radius 1 is 1.00 bits per heavy atom. The third kappa shape index (κ3) is 2.42. The van der Waals surface area contributed by atoms with Crippen LogP contribution in [-0.2, 0) is 6.54 Å². The zero-order valence-electron chi connectivity index (χ0n) is 10.9. The van der Waals surface area contributed by atoms with E-state index in [4.69, 9.17) is 4.42 Å². The van der Waals surface area contributed by atoms with Gasteiger partial charge in [-0.2, -0.15) is 0 Å². The minimum absolute atomic E-state index is 0.768. The van der Waals surface area contributed by atoms with E-state index in [0.717, 1.165) is 18.1 Å². The molecular formula is C15H19NO. The average Bonchev–Trinajstić information content (AvgIpc) is 2.72. The molecule has 1 heterocycles. The van der Waals surface area contributed by atoms with E-state index in [0.29, 0.717) is 0 Å². The van der Waals surface area contributed by atoms with Crippen LogP contribution in [0.25, 0.3) is 11.3 Å². The molecule has 2 heteroatoms. The van der Waals surface area contributed by atoms with Crippen molar-refractivity contribution in [1.29, 1.82) is 0 Å². The highest BCUT2D eigenvalue weighted by Crippen LogP contribution is 2.28. The van der Waals surface area contributed by atoms with Crippen molar-refractivity contribution >= 4 is 0 Å². The highest BCUT2D eigenvalue weighted by molar-refractivity contribution is 5.64. The van der Waals surface area contributed by atoms with Crippen molar-refractivity contribution in [2.24, 2.45) is 0 Å². The number of nitrogens with one attached hydrogen (secondary N) is 1. The third-order valence-corrected chi connectivity index (χ3v) is 3.12. The normalized spacial score (nSPS) is 10.8. The first kappa shape index (κ1) is 11.9. The van der Waals surface area contributed by atoms with Crippen LogP contribution in [0.3, 0.4) is 0 Å². The van der Waals surface area contributed by atoms with Gasteiger partial charge in [0, 0.05) is 5.56 Å². The molecule has 0 atom stereocenters. The summed E-state index contributed by atoms with van der Waals surface area (Å²) in [4.78, 5) is 0. The van der Waals surface area contributed by atoms with E-state index in [9.17, 15) is 0 Å². The van der Waals surface area contributed by atoms with E-state index in [1.54, 1.807) is 0 Å². The average molecular weight is 229 g/mol. The molecule has 2 rings (SSSR count). The van der Waals surface area contributed by atoms with Gasteiger partial charge in [0.2, 0.25) is 0 Å². The summed E-state index contributed by atoms with van der Waals surface area (Å²) < 4.78 is 5.82. The van der Waals surface area contributed by atoms with Crippen LogP contribution in [0.5, 0.6) is 0 Å². The van der Waals surface area contributed by atoms with Crippen LogP contribution < -0.4 is 5.32 Å². The summed E-state index contributed by atoms with van der Waals surface area (Å²) in [6.07, 6.45) is 0. The fourth-order valence-electron chi connectivity index (χ4n) is 2.02. The molecule has 2 nitrogen and oxygen atoms in total. The molecular weight excluding hydrogens is 210 g/mol. The highest BCUT2D eigenvalue weighted by Gasteiger charge is 2.08. The molecule has 0 fully saturated rings. The van der Waals surface area contributed by atoms with Crippen LogP contribution in [-0.4, -0.2) is 7.05 Å². The third-order valence-electron chi connectivity index (χ3n) is 3.12. The van der Waals surface area contributed by atoms with Gasteiger partial charge in [-0.05, 0) is 62.7 Å². The number of furan rings is 1. The van der Waals surface area contributed by atoms with E-state index in [1.807, 2.05) is 19.2 Å². The molecule has 0 aliphatic heterocycles. The Bertz CT molecular complexity index is 526. The van der Waals surface area contributed by atoms with Crippen molar-refractivity contribution in [2.45, 2.75) is 27.3 Å². The molecule has 0 unspecified atom stereocenters. The van der Waals surface area contributed by atoms with Gasteiger partial charge in [0.15, 0.2) is 0 Å². The van der Waals surface area contributed by atoms with Crippen LogP contribution in [0, 0.1) is 20.8 Å². The fraction of sp³-hybridized carbons (Fsp3) is 0.333. The molecule has 1 aromatic carbocycles. The summed E-state index contributed by atoms with van der Waals surface area (Å²) in [5.41, 5.74) is 5.08. The Hall–Kier alpha value is -1.54. The second-order valence-corrected chi connectivity index (χ2v) is 4.55. The second-order valence-electron chi connectivity index (χ2n) is 4.55. The van der Waals surface area contributed by atoms with Gasteiger partial charge in [0.25, 0.3) is 0 Å². The standard InChI is InChI=1S/C15H19NO/c1-10-7-12(3)14(8-11(10)2)15-6-5-13(17-15)9-16-4/h5-8,16H,9H2,1-4H3. The Morgan fingerprint density at radius 2 is 1.71 bits per heavy atom. The lowest BCUT2D eigenvalue weighted by molar-refractivity contribution is 0.507. The summed E-state index contributed by atoms with van der Waals surface area (Å²) in [6.45, 7) is 7.17. The topological polar surface area (TPSA) is 25.2 Å². The fourth-order valence-corrected chi connectivity index (χ4v) is 2.02. The number of aryl methyl sites for hydroxylation is 3. The predicted molar refractivity (Wildman–Crippen MR) is 71.1 cm³/mol. The zero-order valence-corrected chi connectivity index (χ0v) is 10.9. The molecule has 0 radical (unpaired) electrons. The van der Waals surface area contributed by atoms with Crippen molar-refractivity contribution in [3.05, 3.63) is 46.7 Å². The van der Waals surface area contributed by atoms with Gasteiger partial charge in [-0.1, -0.05) is 6.07 Å². The van der Waals surface area contributed by atoms with Crippen LogP contribution in [0.15, 0.2) is 28.7 Å². The van der Waals surface area contributed by atoms with Crippen LogP contribution in [0.4, 0.5) is 0 Å². The minimum Gasteiger partial charge on any atom is -0.460 e. The van der Waals surface area contributed by atoms with Crippen molar-refractivity contribution in [3.8, 4) is 11.3 Å². The maximum absolute atomic E-state index is 5.82. The Kier molecular flexibility index (Phi) is 3.34. The lowest BCUT2D eigenvalue weighted by atomic mass is 9.99. The monoisotopic (exact) mass is 229 g/mol. The molecule has 0 aliphatic rings. The van der Waals surface area contributed by atoms with E-state index in [-0.39, 0.29) is 0 Å². The summed E-state index contributed by atoms with van der Waals surface area (Å²) >= 11 is 0. The molecule has 17 heavy (non-hydrogen) atoms. The van der Waals surface area contributed by atoms with Gasteiger partial charge < -0.3 is 9.73 Å². The van der Waals surface area contributed by atoms with Crippen molar-refractivity contribution < 1.29 is 4.42 Å². The van der Waals surface area contributed by atoms with E-state index in [1.165, 1.54) is 22.3 Å². The van der Waals surface area contributed by atoms with Crippen LogP contribution in [0.1, 0.15) is 22.5 Å². The zero-order chi connectivity index (χ0) is 12.4. The molecule has 0 aliphatic carbocycles. The first-order chi connectivity index (χ1) is 8.11. The molecule has 90 valence electrons. The molecule has 1 N–H and O–H groups in total. The molecule has 0 spiro atoms. The van der Waals surface area contributed by atoms with E-state index < -0.39 is 0 Å². The van der Waals surface area contributed by atoms with Gasteiger partial charge in [-0.25, -0.2) is 0 Å². The van der Waals surface area contributed by atoms with Crippen LogP contribution in [0.2, 0.25) is 0 Å². The SMILES string of the molecule is CNCc1ccc(-c2cc(C)c(C)cc2C)o1. The molecule has 2 aromatic rings. The Morgan fingerprint density at radius 3 is 2.41 bits per heavy atom. The summed E-state index contributed by atoms with van der Waals surface area (Å²) in [5.74, 6) is 1.93. The lowest BCUT2D eigenvalue weighted by Crippen LogP contribution is -2.03. The Balaban J connectivity index is 2.41. The highest BCUT2D eigenvalue weighted by atomic mass is 16.3. The van der Waals surface area contributed by atoms with Crippen molar-refractivity contribution in [2.75, 3.05) is 7.05 Å². The maximum atomic E-state index is 5.82. The summed E-state index contributed by atoms with van der Waals surface area (Å²) in [7, 11) is 1.92. The number of benzene rings is 1. The van der Waals surface area contributed by atoms with E-state index in [2.05, 4.69) is 38.2 Å². The lowest BCUT2D eigenvalue weighted by Gasteiger charge is -2.07. The molecule has 0 bridgehead atoms. The first-order valence-electron chi connectivity index (χ1n) is 5.93. The maximum Gasteiger partial charge on any atom is 0.134 e. The molecule has 0 saturated heterocycles. The van der Waals surface area contributed by atoms with Crippen LogP contribution >= 0.6 is 0 Å². The number of hydrogen-bond donors (Lipinski definition) is 1. The van der Waals surface area contributed by atoms with Gasteiger partial charge in [-0.15, -0.1) is 0 Å². The Labute approximate surface area is 103 Å². The first-order valence-corrected chi connectivity index (χ1v) is 5.93. The largest absolute Gasteiger partial charge is 0.460 e. The predicted octanol–water partition coefficient (Wildman–Crippen LogP) is 3.59. The van der Waals surface area contributed by atoms with Crippen molar-refractivity contribution in [3.63, 3.8) is 0 Å². The van der Waals surface area contributed by atoms with Gasteiger partial charge in [0.05, 0.1) is 6.54 Å².